The van der Waals surface area contributed by atoms with E-state index in [1.54, 1.807) is 0 Å². The first-order valence-electron chi connectivity index (χ1n) is 26.4. The molecular weight excluding hydrogens is 853 g/mol. The third-order valence-corrected chi connectivity index (χ3v) is 10.1. The van der Waals surface area contributed by atoms with Crippen LogP contribution < -0.4 is 0 Å². The molecule has 0 heterocycles. The van der Waals surface area contributed by atoms with Crippen molar-refractivity contribution in [1.29, 1.82) is 0 Å². The molecule has 0 aliphatic heterocycles. The van der Waals surface area contributed by atoms with Gasteiger partial charge in [0.25, 0.3) is 0 Å². The zero-order chi connectivity index (χ0) is 50.0. The number of hydrogen-bond acceptors (Lipinski definition) is 6. The first kappa shape index (κ1) is 63.5. The number of rotatable bonds is 44. The molecule has 0 spiro atoms. The van der Waals surface area contributed by atoms with Gasteiger partial charge in [-0.15, -0.1) is 0 Å². The van der Waals surface area contributed by atoms with Crippen LogP contribution in [0.2, 0.25) is 0 Å². The fourth-order valence-electron chi connectivity index (χ4n) is 6.26. The van der Waals surface area contributed by atoms with Crippen LogP contribution in [-0.2, 0) is 28.6 Å². The molecule has 0 aliphatic carbocycles. The molecule has 0 saturated heterocycles. The quantitative estimate of drug-likeness (QED) is 0.0199. The number of hydrogen-bond donors (Lipinski definition) is 0. The fourth-order valence-corrected chi connectivity index (χ4v) is 6.26. The highest BCUT2D eigenvalue weighted by Gasteiger charge is 2.19. The summed E-state index contributed by atoms with van der Waals surface area (Å²) in [5, 5.41) is 0. The average Bonchev–Trinajstić information content (AvgIpc) is 3.35. The first-order valence-corrected chi connectivity index (χ1v) is 26.4. The number of ether oxygens (including phenoxy) is 3. The summed E-state index contributed by atoms with van der Waals surface area (Å²) in [5.74, 6) is -1.05. The molecule has 0 saturated carbocycles. The van der Waals surface area contributed by atoms with Gasteiger partial charge in [-0.05, 0) is 96.3 Å². The van der Waals surface area contributed by atoms with Gasteiger partial charge in [0, 0.05) is 19.3 Å². The predicted octanol–water partition coefficient (Wildman–Crippen LogP) is 17.7. The van der Waals surface area contributed by atoms with Gasteiger partial charge >= 0.3 is 17.9 Å². The molecule has 6 nitrogen and oxygen atoms in total. The Hall–Kier alpha value is -5.49. The Morgan fingerprint density at radius 1 is 0.319 bits per heavy atom. The van der Waals surface area contributed by atoms with E-state index in [0.29, 0.717) is 19.3 Å². The molecule has 69 heavy (non-hydrogen) atoms. The van der Waals surface area contributed by atoms with Gasteiger partial charge in [-0.3, -0.25) is 14.4 Å². The van der Waals surface area contributed by atoms with E-state index in [2.05, 4.69) is 106 Å². The van der Waals surface area contributed by atoms with Gasteiger partial charge in [-0.2, -0.15) is 0 Å². The molecule has 0 radical (unpaired) electrons. The Morgan fingerprint density at radius 2 is 0.638 bits per heavy atom. The summed E-state index contributed by atoms with van der Waals surface area (Å²) in [4.78, 5) is 38.1. The van der Waals surface area contributed by atoms with E-state index >= 15 is 0 Å². The Morgan fingerprint density at radius 3 is 1.07 bits per heavy atom. The predicted molar refractivity (Wildman–Crippen MR) is 297 cm³/mol. The molecule has 0 aliphatic rings. The minimum Gasteiger partial charge on any atom is -0.462 e. The van der Waals surface area contributed by atoms with Crippen LogP contribution in [0.3, 0.4) is 0 Å². The van der Waals surface area contributed by atoms with Gasteiger partial charge in [0.1, 0.15) is 13.2 Å². The van der Waals surface area contributed by atoms with Crippen molar-refractivity contribution in [2.24, 2.45) is 0 Å². The van der Waals surface area contributed by atoms with Crippen molar-refractivity contribution in [1.82, 2.24) is 0 Å². The summed E-state index contributed by atoms with van der Waals surface area (Å²) in [6.45, 7) is 6.17. The van der Waals surface area contributed by atoms with Gasteiger partial charge < -0.3 is 14.2 Å². The zero-order valence-corrected chi connectivity index (χ0v) is 43.2. The van der Waals surface area contributed by atoms with E-state index in [4.69, 9.17) is 14.2 Å². The lowest BCUT2D eigenvalue weighted by Gasteiger charge is -2.18. The van der Waals surface area contributed by atoms with Crippen molar-refractivity contribution in [2.45, 2.75) is 181 Å². The average molecular weight is 945 g/mol. The molecule has 0 fully saturated rings. The van der Waals surface area contributed by atoms with Crippen molar-refractivity contribution < 1.29 is 28.6 Å². The molecule has 380 valence electrons. The van der Waals surface area contributed by atoms with Crippen LogP contribution in [0.4, 0.5) is 0 Å². The van der Waals surface area contributed by atoms with Crippen LogP contribution in [-0.4, -0.2) is 37.2 Å². The Bertz CT molecular complexity index is 1700. The van der Waals surface area contributed by atoms with Crippen LogP contribution in [0.1, 0.15) is 175 Å². The van der Waals surface area contributed by atoms with Gasteiger partial charge in [0.05, 0.1) is 0 Å². The monoisotopic (exact) mass is 945 g/mol. The standard InChI is InChI=1S/C63H92O6/c1-4-7-10-13-16-19-22-25-28-31-33-35-38-41-44-47-50-53-56-62(65)68-59-60(58-67-61(64)55-52-49-46-43-40-37-34-30-27-24-21-18-15-12-9-6-3)69-63(66)57-54-51-48-45-42-39-36-32-29-26-23-20-17-14-11-8-5-2/h8-14,16-23,25-33,35-37,39-40,42,60H,4-7,15,24,34,38,41,43-59H2,1-3H3/b11-8-,12-9-,13-10-,17-14-,19-16-,21-18-,23-20-,25-22-,29-26-,30-27-,31-28-,35-33-,36-32+,40-37-,42-39-. The van der Waals surface area contributed by atoms with Crippen LogP contribution in [0.5, 0.6) is 0 Å². The van der Waals surface area contributed by atoms with E-state index in [1.165, 1.54) is 6.42 Å². The van der Waals surface area contributed by atoms with Crippen molar-refractivity contribution in [3.05, 3.63) is 182 Å². The maximum Gasteiger partial charge on any atom is 0.306 e. The maximum absolute atomic E-state index is 12.8. The topological polar surface area (TPSA) is 78.9 Å². The highest BCUT2D eigenvalue weighted by Crippen LogP contribution is 2.12. The summed E-state index contributed by atoms with van der Waals surface area (Å²) in [7, 11) is 0. The third-order valence-electron chi connectivity index (χ3n) is 10.1. The molecule has 0 bridgehead atoms. The number of carbonyl (C=O) groups excluding carboxylic acids is 3. The molecule has 0 aromatic rings. The molecule has 1 unspecified atom stereocenters. The SMILES string of the molecule is CC\C=C/C=C\C=C/C=C\C=C\C=C/CCCCCC(=O)OC(COC(=O)CCCCC/C=C\C/C=C\C/C=C\C/C=C\CC)COC(=O)CCCCCCC\C=C/C=C\C=C/C=C\C=C/CCC. The van der Waals surface area contributed by atoms with Crippen LogP contribution in [0.15, 0.2) is 182 Å². The van der Waals surface area contributed by atoms with Crippen LogP contribution in [0, 0.1) is 0 Å². The highest BCUT2D eigenvalue weighted by molar-refractivity contribution is 5.71. The Balaban J connectivity index is 4.65. The van der Waals surface area contributed by atoms with Crippen LogP contribution >= 0.6 is 0 Å². The molecule has 0 aromatic heterocycles. The fraction of sp³-hybridized carbons (Fsp3) is 0.476. The largest absolute Gasteiger partial charge is 0.462 e. The maximum atomic E-state index is 12.8. The van der Waals surface area contributed by atoms with Gasteiger partial charge in [0.15, 0.2) is 6.10 Å². The lowest BCUT2D eigenvalue weighted by molar-refractivity contribution is -0.167. The number of allylic oxidation sites excluding steroid dienone is 30. The Labute approximate surface area is 421 Å². The molecule has 0 N–H and O–H groups in total. The number of esters is 3. The minimum absolute atomic E-state index is 0.131. The van der Waals surface area contributed by atoms with E-state index < -0.39 is 6.10 Å². The summed E-state index contributed by atoms with van der Waals surface area (Å²) in [5.41, 5.74) is 0. The summed E-state index contributed by atoms with van der Waals surface area (Å²) >= 11 is 0. The molecule has 1 atom stereocenters. The van der Waals surface area contributed by atoms with E-state index in [9.17, 15) is 14.4 Å². The number of carbonyl (C=O) groups is 3. The third kappa shape index (κ3) is 53.3. The second-order valence-electron chi connectivity index (χ2n) is 16.6. The highest BCUT2D eigenvalue weighted by atomic mass is 16.6. The zero-order valence-electron chi connectivity index (χ0n) is 43.2. The normalized spacial score (nSPS) is 13.6. The summed E-state index contributed by atoms with van der Waals surface area (Å²) in [6.07, 6.45) is 82.9. The molecule has 6 heteroatoms. The van der Waals surface area contributed by atoms with Gasteiger partial charge in [-0.1, -0.05) is 242 Å². The molecular formula is C63H92O6. The van der Waals surface area contributed by atoms with E-state index in [-0.39, 0.29) is 37.5 Å². The smallest absolute Gasteiger partial charge is 0.306 e. The lowest BCUT2D eigenvalue weighted by atomic mass is 10.1. The first-order chi connectivity index (χ1) is 34.0. The van der Waals surface area contributed by atoms with Crippen molar-refractivity contribution >= 4 is 17.9 Å². The minimum atomic E-state index is -0.837. The van der Waals surface area contributed by atoms with Crippen molar-refractivity contribution in [2.75, 3.05) is 13.2 Å². The molecule has 0 aromatic carbocycles. The second kappa shape index (κ2) is 55.1. The Kier molecular flexibility index (Phi) is 50.7. The lowest BCUT2D eigenvalue weighted by Crippen LogP contribution is -2.30. The molecule has 0 amide bonds. The van der Waals surface area contributed by atoms with Gasteiger partial charge in [0.2, 0.25) is 0 Å². The van der Waals surface area contributed by atoms with E-state index in [1.807, 2.05) is 97.2 Å². The van der Waals surface area contributed by atoms with E-state index in [0.717, 1.165) is 122 Å². The van der Waals surface area contributed by atoms with Crippen LogP contribution in [0.25, 0.3) is 0 Å². The van der Waals surface area contributed by atoms with Crippen molar-refractivity contribution in [3.63, 3.8) is 0 Å². The summed E-state index contributed by atoms with van der Waals surface area (Å²) in [6, 6.07) is 0. The van der Waals surface area contributed by atoms with Gasteiger partial charge in [-0.25, -0.2) is 0 Å². The van der Waals surface area contributed by atoms with Crippen molar-refractivity contribution in [3.8, 4) is 0 Å². The number of unbranched alkanes of at least 4 members (excludes halogenated alkanes) is 12. The summed E-state index contributed by atoms with van der Waals surface area (Å²) < 4.78 is 16.7. The molecule has 0 rings (SSSR count). The second-order valence-corrected chi connectivity index (χ2v) is 16.6.